The monoisotopic (exact) mass is 265 g/mol. The van der Waals surface area contributed by atoms with E-state index in [4.69, 9.17) is 5.73 Å². The topological polar surface area (TPSA) is 99.7 Å². The standard InChI is InChI=1S/C13H19N3O3/c1-13(19)3-2-5-16(6-4-13)11-10(12(17)18)7-9(14)8-15-11/h7-8,19H,2-6,14H2,1H3,(H,17,18). The third-order valence-corrected chi connectivity index (χ3v) is 3.48. The molecule has 0 saturated carbocycles. The highest BCUT2D eigenvalue weighted by atomic mass is 16.4. The number of nitrogens with zero attached hydrogens (tertiary/aromatic N) is 2. The molecule has 1 atom stereocenters. The maximum atomic E-state index is 11.3. The Morgan fingerprint density at radius 2 is 2.21 bits per heavy atom. The number of nitrogen functional groups attached to an aromatic ring is 1. The van der Waals surface area contributed by atoms with E-state index in [0.717, 1.165) is 6.42 Å². The fraction of sp³-hybridized carbons (Fsp3) is 0.538. The molecule has 0 spiro atoms. The van der Waals surface area contributed by atoms with E-state index in [9.17, 15) is 15.0 Å². The predicted octanol–water partition coefficient (Wildman–Crippen LogP) is 1.10. The van der Waals surface area contributed by atoms with Crippen LogP contribution in [0, 0.1) is 0 Å². The summed E-state index contributed by atoms with van der Waals surface area (Å²) >= 11 is 0. The van der Waals surface area contributed by atoms with Gasteiger partial charge in [-0.2, -0.15) is 0 Å². The van der Waals surface area contributed by atoms with Crippen molar-refractivity contribution in [3.63, 3.8) is 0 Å². The summed E-state index contributed by atoms with van der Waals surface area (Å²) in [4.78, 5) is 17.3. The summed E-state index contributed by atoms with van der Waals surface area (Å²) < 4.78 is 0. The van der Waals surface area contributed by atoms with E-state index in [0.29, 0.717) is 37.4 Å². The molecule has 0 aromatic carbocycles. The molecule has 2 heterocycles. The van der Waals surface area contributed by atoms with Crippen LogP contribution in [0.4, 0.5) is 11.5 Å². The maximum absolute atomic E-state index is 11.3. The van der Waals surface area contributed by atoms with Gasteiger partial charge in [0, 0.05) is 13.1 Å². The van der Waals surface area contributed by atoms with Crippen LogP contribution in [0.3, 0.4) is 0 Å². The summed E-state index contributed by atoms with van der Waals surface area (Å²) in [7, 11) is 0. The van der Waals surface area contributed by atoms with Crippen molar-refractivity contribution in [3.8, 4) is 0 Å². The van der Waals surface area contributed by atoms with Crippen molar-refractivity contribution >= 4 is 17.5 Å². The van der Waals surface area contributed by atoms with Crippen molar-refractivity contribution in [2.24, 2.45) is 0 Å². The van der Waals surface area contributed by atoms with Crippen LogP contribution in [0.1, 0.15) is 36.5 Å². The Hall–Kier alpha value is -1.82. The smallest absolute Gasteiger partial charge is 0.339 e. The number of anilines is 2. The van der Waals surface area contributed by atoms with E-state index in [1.165, 1.54) is 12.3 Å². The first-order chi connectivity index (χ1) is 8.89. The molecule has 0 radical (unpaired) electrons. The number of aliphatic hydroxyl groups is 1. The SMILES string of the molecule is CC1(O)CCCN(c2ncc(N)cc2C(=O)O)CC1. The van der Waals surface area contributed by atoms with Gasteiger partial charge < -0.3 is 20.8 Å². The second-order valence-electron chi connectivity index (χ2n) is 5.28. The average Bonchev–Trinajstić information content (AvgIpc) is 2.50. The van der Waals surface area contributed by atoms with Crippen LogP contribution in [0.5, 0.6) is 0 Å². The molecule has 1 saturated heterocycles. The van der Waals surface area contributed by atoms with Crippen molar-refractivity contribution < 1.29 is 15.0 Å². The summed E-state index contributed by atoms with van der Waals surface area (Å²) in [6.45, 7) is 3.09. The highest BCUT2D eigenvalue weighted by molar-refractivity contribution is 5.94. The first kappa shape index (κ1) is 13.6. The van der Waals surface area contributed by atoms with E-state index in [-0.39, 0.29) is 5.56 Å². The van der Waals surface area contributed by atoms with Crippen molar-refractivity contribution in [2.75, 3.05) is 23.7 Å². The zero-order chi connectivity index (χ0) is 14.0. The third kappa shape index (κ3) is 3.14. The molecule has 4 N–H and O–H groups in total. The van der Waals surface area contributed by atoms with Crippen LogP contribution in [-0.2, 0) is 0 Å². The molecule has 1 aliphatic heterocycles. The van der Waals surface area contributed by atoms with Gasteiger partial charge in [0.1, 0.15) is 11.4 Å². The van der Waals surface area contributed by atoms with E-state index in [1.54, 1.807) is 0 Å². The minimum Gasteiger partial charge on any atom is -0.478 e. The van der Waals surface area contributed by atoms with Gasteiger partial charge in [0.15, 0.2) is 0 Å². The molecule has 1 unspecified atom stereocenters. The highest BCUT2D eigenvalue weighted by Gasteiger charge is 2.27. The molecule has 0 bridgehead atoms. The summed E-state index contributed by atoms with van der Waals surface area (Å²) in [5, 5.41) is 19.3. The van der Waals surface area contributed by atoms with Crippen LogP contribution in [-0.4, -0.2) is 39.9 Å². The number of aromatic carboxylic acids is 1. The Labute approximate surface area is 111 Å². The van der Waals surface area contributed by atoms with E-state index in [1.807, 2.05) is 11.8 Å². The van der Waals surface area contributed by atoms with E-state index >= 15 is 0 Å². The van der Waals surface area contributed by atoms with Gasteiger partial charge in [0.25, 0.3) is 0 Å². The number of hydrogen-bond donors (Lipinski definition) is 3. The van der Waals surface area contributed by atoms with Crippen molar-refractivity contribution in [1.29, 1.82) is 0 Å². The fourth-order valence-electron chi connectivity index (χ4n) is 2.36. The molecule has 0 amide bonds. The molecule has 6 heteroatoms. The van der Waals surface area contributed by atoms with Gasteiger partial charge in [-0.15, -0.1) is 0 Å². The largest absolute Gasteiger partial charge is 0.478 e. The molecular formula is C13H19N3O3. The Kier molecular flexibility index (Phi) is 3.61. The molecule has 1 aromatic heterocycles. The highest BCUT2D eigenvalue weighted by Crippen LogP contribution is 2.27. The lowest BCUT2D eigenvalue weighted by atomic mass is 9.98. The lowest BCUT2D eigenvalue weighted by Crippen LogP contribution is -2.30. The minimum atomic E-state index is -1.04. The van der Waals surface area contributed by atoms with Crippen LogP contribution in [0.25, 0.3) is 0 Å². The van der Waals surface area contributed by atoms with Gasteiger partial charge in [0.05, 0.1) is 17.5 Å². The van der Waals surface area contributed by atoms with Gasteiger partial charge in [-0.25, -0.2) is 9.78 Å². The first-order valence-corrected chi connectivity index (χ1v) is 6.35. The van der Waals surface area contributed by atoms with Crippen LogP contribution in [0.2, 0.25) is 0 Å². The van der Waals surface area contributed by atoms with Gasteiger partial charge in [-0.3, -0.25) is 0 Å². The van der Waals surface area contributed by atoms with Crippen LogP contribution < -0.4 is 10.6 Å². The first-order valence-electron chi connectivity index (χ1n) is 6.35. The molecule has 1 aliphatic rings. The number of nitrogens with two attached hydrogens (primary N) is 1. The van der Waals surface area contributed by atoms with Gasteiger partial charge in [0.2, 0.25) is 0 Å². The molecule has 2 rings (SSSR count). The number of aromatic nitrogens is 1. The van der Waals surface area contributed by atoms with Crippen LogP contribution in [0.15, 0.2) is 12.3 Å². The predicted molar refractivity (Wildman–Crippen MR) is 72.3 cm³/mol. The quantitative estimate of drug-likeness (QED) is 0.740. The lowest BCUT2D eigenvalue weighted by molar-refractivity contribution is 0.0481. The molecule has 6 nitrogen and oxygen atoms in total. The number of carboxylic acid groups (broad SMARTS) is 1. The zero-order valence-electron chi connectivity index (χ0n) is 11.0. The van der Waals surface area contributed by atoms with Crippen LogP contribution >= 0.6 is 0 Å². The van der Waals surface area contributed by atoms with Gasteiger partial charge in [-0.1, -0.05) is 0 Å². The molecule has 1 aromatic rings. The van der Waals surface area contributed by atoms with E-state index in [2.05, 4.69) is 4.98 Å². The fourth-order valence-corrected chi connectivity index (χ4v) is 2.36. The second kappa shape index (κ2) is 5.05. The number of carbonyl (C=O) groups is 1. The maximum Gasteiger partial charge on any atom is 0.339 e. The number of pyridine rings is 1. The molecule has 1 fully saturated rings. The molecule has 19 heavy (non-hydrogen) atoms. The Balaban J connectivity index is 2.29. The third-order valence-electron chi connectivity index (χ3n) is 3.48. The second-order valence-corrected chi connectivity index (χ2v) is 5.28. The zero-order valence-corrected chi connectivity index (χ0v) is 11.0. The normalized spacial score (nSPS) is 24.0. The Bertz CT molecular complexity index is 488. The number of rotatable bonds is 2. The minimum absolute atomic E-state index is 0.113. The average molecular weight is 265 g/mol. The summed E-state index contributed by atoms with van der Waals surface area (Å²) in [6.07, 6.45) is 3.57. The number of carboxylic acids is 1. The van der Waals surface area contributed by atoms with Crippen molar-refractivity contribution in [3.05, 3.63) is 17.8 Å². The lowest BCUT2D eigenvalue weighted by Gasteiger charge is -2.24. The Morgan fingerprint density at radius 1 is 1.47 bits per heavy atom. The summed E-state index contributed by atoms with van der Waals surface area (Å²) in [6, 6.07) is 1.42. The molecule has 0 aliphatic carbocycles. The van der Waals surface area contributed by atoms with Crippen molar-refractivity contribution in [2.45, 2.75) is 31.8 Å². The van der Waals surface area contributed by atoms with Gasteiger partial charge >= 0.3 is 5.97 Å². The summed E-state index contributed by atoms with van der Waals surface area (Å²) in [5.74, 6) is -0.606. The summed E-state index contributed by atoms with van der Waals surface area (Å²) in [5.41, 5.74) is 5.34. The number of hydrogen-bond acceptors (Lipinski definition) is 5. The molecular weight excluding hydrogens is 246 g/mol. The Morgan fingerprint density at radius 3 is 2.89 bits per heavy atom. The molecule has 104 valence electrons. The van der Waals surface area contributed by atoms with Crippen molar-refractivity contribution in [1.82, 2.24) is 4.98 Å². The van der Waals surface area contributed by atoms with E-state index < -0.39 is 11.6 Å². The van der Waals surface area contributed by atoms with Gasteiger partial charge in [-0.05, 0) is 32.3 Å².